The molecule has 0 spiro atoms. The number of para-hydroxylation sites is 4. The molecule has 12 rings (SSSR count). The van der Waals surface area contributed by atoms with Gasteiger partial charge in [-0.1, -0.05) is 127 Å². The molecule has 2 aromatic heterocycles. The summed E-state index contributed by atoms with van der Waals surface area (Å²) in [5.41, 5.74) is 17.0. The molecule has 0 aliphatic heterocycles. The van der Waals surface area contributed by atoms with Crippen LogP contribution in [0.15, 0.2) is 259 Å². The van der Waals surface area contributed by atoms with Gasteiger partial charge in [-0.3, -0.25) is 0 Å². The van der Waals surface area contributed by atoms with Crippen molar-refractivity contribution in [1.82, 2.24) is 9.55 Å². The summed E-state index contributed by atoms with van der Waals surface area (Å²) >= 11 is 0. The maximum atomic E-state index is 6.24. The number of anilines is 6. The molecule has 0 aliphatic rings. The molecule has 66 heavy (non-hydrogen) atoms. The number of nitrogens with zero attached hydrogens (tertiary/aromatic N) is 4. The van der Waals surface area contributed by atoms with Crippen LogP contribution in [0.4, 0.5) is 34.1 Å². The van der Waals surface area contributed by atoms with E-state index in [2.05, 4.69) is 233 Å². The first-order valence-corrected chi connectivity index (χ1v) is 22.3. The molecule has 0 bridgehead atoms. The molecule has 0 saturated carbocycles. The number of oxazole rings is 1. The van der Waals surface area contributed by atoms with Crippen LogP contribution in [0.1, 0.15) is 0 Å². The van der Waals surface area contributed by atoms with Gasteiger partial charge in [-0.2, -0.15) is 0 Å². The minimum atomic E-state index is 0.628. The molecular weight excluding hydrogens is 805 g/mol. The Morgan fingerprint density at radius 2 is 0.742 bits per heavy atom. The lowest BCUT2D eigenvalue weighted by molar-refractivity contribution is 0.620. The summed E-state index contributed by atoms with van der Waals surface area (Å²) in [5.74, 6) is 0.628. The van der Waals surface area contributed by atoms with Crippen LogP contribution in [0, 0.1) is 0 Å². The first-order chi connectivity index (χ1) is 32.7. The molecule has 0 saturated heterocycles. The standard InChI is InChI=1S/C61H42N4O/c1-6-17-44(18-7-1)61-62-57-36-31-47(40-60(57)66-61)46-20-16-19-45(39-46)43-29-32-52(33-30-43)65-58-37-34-53(63(48-21-8-2-9-22-48)49-23-10-3-11-24-49)41-55(58)56-42-54(35-38-59(56)65)64(50-25-12-4-13-26-50)51-27-14-5-15-28-51/h1-42H. The highest BCUT2D eigenvalue weighted by Crippen LogP contribution is 2.43. The van der Waals surface area contributed by atoms with Crippen molar-refractivity contribution in [3.8, 4) is 39.4 Å². The molecule has 2 heterocycles. The second kappa shape index (κ2) is 16.6. The molecule has 0 atom stereocenters. The molecule has 0 aliphatic carbocycles. The monoisotopic (exact) mass is 846 g/mol. The summed E-state index contributed by atoms with van der Waals surface area (Å²) < 4.78 is 8.64. The number of hydrogen-bond donors (Lipinski definition) is 0. The number of aromatic nitrogens is 2. The number of hydrogen-bond acceptors (Lipinski definition) is 4. The Morgan fingerprint density at radius 1 is 0.318 bits per heavy atom. The largest absolute Gasteiger partial charge is 0.436 e. The van der Waals surface area contributed by atoms with Crippen molar-refractivity contribution >= 4 is 67.0 Å². The van der Waals surface area contributed by atoms with Gasteiger partial charge in [0.05, 0.1) is 11.0 Å². The zero-order valence-electron chi connectivity index (χ0n) is 35.9. The summed E-state index contributed by atoms with van der Waals surface area (Å²) in [6.45, 7) is 0. The lowest BCUT2D eigenvalue weighted by atomic mass is 9.99. The molecule has 0 unspecified atom stereocenters. The van der Waals surface area contributed by atoms with Crippen molar-refractivity contribution in [2.75, 3.05) is 9.80 Å². The quantitative estimate of drug-likeness (QED) is 0.137. The molecule has 12 aromatic rings. The summed E-state index contributed by atoms with van der Waals surface area (Å²) in [6.07, 6.45) is 0. The summed E-state index contributed by atoms with van der Waals surface area (Å²) in [4.78, 5) is 9.42. The van der Waals surface area contributed by atoms with Crippen molar-refractivity contribution in [1.29, 1.82) is 0 Å². The van der Waals surface area contributed by atoms with Crippen LogP contribution in [0.2, 0.25) is 0 Å². The maximum absolute atomic E-state index is 6.24. The zero-order valence-corrected chi connectivity index (χ0v) is 35.9. The second-order valence-electron chi connectivity index (χ2n) is 16.4. The summed E-state index contributed by atoms with van der Waals surface area (Å²) in [6, 6.07) is 90.2. The van der Waals surface area contributed by atoms with Crippen molar-refractivity contribution in [2.45, 2.75) is 0 Å². The Morgan fingerprint density at radius 3 is 1.24 bits per heavy atom. The van der Waals surface area contributed by atoms with Gasteiger partial charge in [0.2, 0.25) is 5.89 Å². The average molecular weight is 847 g/mol. The number of fused-ring (bicyclic) bond motifs is 4. The van der Waals surface area contributed by atoms with Gasteiger partial charge in [-0.15, -0.1) is 0 Å². The lowest BCUT2D eigenvalue weighted by Crippen LogP contribution is -2.09. The van der Waals surface area contributed by atoms with E-state index in [0.29, 0.717) is 5.89 Å². The van der Waals surface area contributed by atoms with E-state index in [1.807, 2.05) is 36.4 Å². The predicted molar refractivity (Wildman–Crippen MR) is 274 cm³/mol. The fourth-order valence-electron chi connectivity index (χ4n) is 9.25. The minimum absolute atomic E-state index is 0.628. The van der Waals surface area contributed by atoms with Gasteiger partial charge in [-0.05, 0) is 150 Å². The van der Waals surface area contributed by atoms with E-state index in [-0.39, 0.29) is 0 Å². The van der Waals surface area contributed by atoms with E-state index >= 15 is 0 Å². The predicted octanol–water partition coefficient (Wildman–Crippen LogP) is 16.9. The van der Waals surface area contributed by atoms with Crippen LogP contribution in [-0.2, 0) is 0 Å². The van der Waals surface area contributed by atoms with Gasteiger partial charge in [0.1, 0.15) is 5.52 Å². The van der Waals surface area contributed by atoms with Gasteiger partial charge in [0, 0.05) is 56.1 Å². The highest BCUT2D eigenvalue weighted by molar-refractivity contribution is 6.12. The molecule has 0 N–H and O–H groups in total. The highest BCUT2D eigenvalue weighted by atomic mass is 16.3. The molecule has 5 heteroatoms. The van der Waals surface area contributed by atoms with Crippen LogP contribution in [0.5, 0.6) is 0 Å². The molecular formula is C61H42N4O. The molecule has 312 valence electrons. The Labute approximate surface area is 383 Å². The Kier molecular flexibility index (Phi) is 9.77. The van der Waals surface area contributed by atoms with E-state index < -0.39 is 0 Å². The van der Waals surface area contributed by atoms with Gasteiger partial charge >= 0.3 is 0 Å². The fraction of sp³-hybridized carbons (Fsp3) is 0. The van der Waals surface area contributed by atoms with Crippen molar-refractivity contribution in [2.24, 2.45) is 0 Å². The Hall–Kier alpha value is -8.93. The Balaban J connectivity index is 0.967. The lowest BCUT2D eigenvalue weighted by Gasteiger charge is -2.26. The Bertz CT molecular complexity index is 3400. The van der Waals surface area contributed by atoms with Gasteiger partial charge in [0.15, 0.2) is 5.58 Å². The SMILES string of the molecule is c1ccc(-c2nc3ccc(-c4cccc(-c5ccc(-n6c7ccc(N(c8ccccc8)c8ccccc8)cc7c7cc(N(c8ccccc8)c8ccccc8)ccc76)cc5)c4)cc3o2)cc1. The molecule has 5 nitrogen and oxygen atoms in total. The fourth-order valence-corrected chi connectivity index (χ4v) is 9.25. The summed E-state index contributed by atoms with van der Waals surface area (Å²) in [5, 5.41) is 2.33. The van der Waals surface area contributed by atoms with Crippen LogP contribution in [0.3, 0.4) is 0 Å². The minimum Gasteiger partial charge on any atom is -0.436 e. The normalized spacial score (nSPS) is 11.3. The third kappa shape index (κ3) is 7.15. The summed E-state index contributed by atoms with van der Waals surface area (Å²) in [7, 11) is 0. The highest BCUT2D eigenvalue weighted by Gasteiger charge is 2.20. The van der Waals surface area contributed by atoms with Crippen molar-refractivity contribution in [3.63, 3.8) is 0 Å². The zero-order chi connectivity index (χ0) is 43.8. The van der Waals surface area contributed by atoms with Crippen LogP contribution >= 0.6 is 0 Å². The first-order valence-electron chi connectivity index (χ1n) is 22.3. The van der Waals surface area contributed by atoms with Crippen LogP contribution < -0.4 is 9.80 Å². The van der Waals surface area contributed by atoms with Gasteiger partial charge in [-0.25, -0.2) is 4.98 Å². The van der Waals surface area contributed by atoms with E-state index in [4.69, 9.17) is 9.40 Å². The van der Waals surface area contributed by atoms with E-state index in [1.54, 1.807) is 0 Å². The van der Waals surface area contributed by atoms with E-state index in [0.717, 1.165) is 89.8 Å². The number of benzene rings is 10. The topological polar surface area (TPSA) is 37.4 Å². The second-order valence-corrected chi connectivity index (χ2v) is 16.4. The smallest absolute Gasteiger partial charge is 0.227 e. The van der Waals surface area contributed by atoms with Gasteiger partial charge < -0.3 is 18.8 Å². The molecule has 10 aromatic carbocycles. The molecule has 0 fully saturated rings. The average Bonchev–Trinajstić information content (AvgIpc) is 3.97. The van der Waals surface area contributed by atoms with E-state index in [1.165, 1.54) is 10.8 Å². The molecule has 0 amide bonds. The third-order valence-corrected chi connectivity index (χ3v) is 12.4. The van der Waals surface area contributed by atoms with Crippen LogP contribution in [0.25, 0.3) is 72.3 Å². The molecule has 0 radical (unpaired) electrons. The van der Waals surface area contributed by atoms with Gasteiger partial charge in [0.25, 0.3) is 0 Å². The first kappa shape index (κ1) is 38.7. The van der Waals surface area contributed by atoms with Crippen LogP contribution in [-0.4, -0.2) is 9.55 Å². The van der Waals surface area contributed by atoms with Crippen molar-refractivity contribution < 1.29 is 4.42 Å². The number of rotatable bonds is 10. The van der Waals surface area contributed by atoms with Crippen molar-refractivity contribution in [3.05, 3.63) is 255 Å². The third-order valence-electron chi connectivity index (χ3n) is 12.4. The maximum Gasteiger partial charge on any atom is 0.227 e. The van der Waals surface area contributed by atoms with E-state index in [9.17, 15) is 0 Å².